The van der Waals surface area contributed by atoms with Crippen LogP contribution in [0.1, 0.15) is 16.7 Å². The van der Waals surface area contributed by atoms with E-state index in [0.717, 1.165) is 11.3 Å². The number of para-hydroxylation sites is 1. The number of nitrogens with zero attached hydrogens (tertiary/aromatic N) is 2. The fourth-order valence-corrected chi connectivity index (χ4v) is 2.10. The Morgan fingerprint density at radius 1 is 1.10 bits per heavy atom. The Morgan fingerprint density at radius 3 is 2.45 bits per heavy atom. The first-order valence-electron chi connectivity index (χ1n) is 6.31. The molecule has 2 N–H and O–H groups in total. The van der Waals surface area contributed by atoms with E-state index < -0.39 is 5.82 Å². The molecule has 0 spiro atoms. The Bertz CT molecular complexity index is 646. The second kappa shape index (κ2) is 6.18. The van der Waals surface area contributed by atoms with E-state index in [-0.39, 0.29) is 5.56 Å². The number of halogens is 1. The molecule has 0 fully saturated rings. The lowest BCUT2D eigenvalue weighted by molar-refractivity contribution is 0.314. The molecule has 20 heavy (non-hydrogen) atoms. The number of benzene rings is 2. The number of anilines is 1. The summed E-state index contributed by atoms with van der Waals surface area (Å²) in [7, 11) is 1.89. The number of nitrogens with two attached hydrogens (primary N) is 1. The van der Waals surface area contributed by atoms with Crippen LogP contribution in [0.25, 0.3) is 0 Å². The lowest BCUT2D eigenvalue weighted by Gasteiger charge is -2.18. The van der Waals surface area contributed by atoms with E-state index in [2.05, 4.69) is 0 Å². The lowest BCUT2D eigenvalue weighted by atomic mass is 10.1. The van der Waals surface area contributed by atoms with Crippen molar-refractivity contribution in [1.29, 1.82) is 5.26 Å². The highest BCUT2D eigenvalue weighted by molar-refractivity contribution is 5.46. The summed E-state index contributed by atoms with van der Waals surface area (Å²) in [6.45, 7) is 1.05. The highest BCUT2D eigenvalue weighted by atomic mass is 19.1. The predicted molar refractivity (Wildman–Crippen MR) is 77.1 cm³/mol. The lowest BCUT2D eigenvalue weighted by Crippen LogP contribution is -2.19. The SMILES string of the molecule is CN(Cc1ccccc1N)Cc1cccc(C#N)c1F. The molecular formula is C16H16FN3. The molecule has 0 aromatic heterocycles. The molecule has 0 heterocycles. The zero-order valence-corrected chi connectivity index (χ0v) is 11.3. The van der Waals surface area contributed by atoms with E-state index in [1.165, 1.54) is 6.07 Å². The van der Waals surface area contributed by atoms with Crippen molar-refractivity contribution >= 4 is 5.69 Å². The van der Waals surface area contributed by atoms with Gasteiger partial charge in [-0.15, -0.1) is 0 Å². The normalized spacial score (nSPS) is 10.5. The van der Waals surface area contributed by atoms with Crippen molar-refractivity contribution in [1.82, 2.24) is 4.90 Å². The van der Waals surface area contributed by atoms with Gasteiger partial charge in [0.1, 0.15) is 11.9 Å². The summed E-state index contributed by atoms with van der Waals surface area (Å²) in [4.78, 5) is 1.96. The summed E-state index contributed by atoms with van der Waals surface area (Å²) in [5.41, 5.74) is 8.22. The van der Waals surface area contributed by atoms with Crippen LogP contribution in [-0.2, 0) is 13.1 Å². The first-order valence-corrected chi connectivity index (χ1v) is 6.31. The Balaban J connectivity index is 2.11. The van der Waals surface area contributed by atoms with Gasteiger partial charge in [0.25, 0.3) is 0 Å². The maximum absolute atomic E-state index is 14.0. The van der Waals surface area contributed by atoms with Crippen molar-refractivity contribution in [3.05, 3.63) is 65.0 Å². The van der Waals surface area contributed by atoms with Gasteiger partial charge in [0, 0.05) is 24.3 Å². The molecule has 3 nitrogen and oxygen atoms in total. The molecule has 4 heteroatoms. The summed E-state index contributed by atoms with van der Waals surface area (Å²) < 4.78 is 14.0. The third-order valence-electron chi connectivity index (χ3n) is 3.13. The third kappa shape index (κ3) is 3.14. The summed E-state index contributed by atoms with van der Waals surface area (Å²) in [6.07, 6.45) is 0. The van der Waals surface area contributed by atoms with Gasteiger partial charge in [0.2, 0.25) is 0 Å². The highest BCUT2D eigenvalue weighted by Gasteiger charge is 2.10. The van der Waals surface area contributed by atoms with Crippen molar-refractivity contribution in [3.8, 4) is 6.07 Å². The Hall–Kier alpha value is -2.38. The molecule has 2 aromatic carbocycles. The van der Waals surface area contributed by atoms with Gasteiger partial charge in [0.15, 0.2) is 0 Å². The van der Waals surface area contributed by atoms with Crippen LogP contribution in [0.4, 0.5) is 10.1 Å². The maximum atomic E-state index is 14.0. The van der Waals surface area contributed by atoms with Crippen LogP contribution in [0.2, 0.25) is 0 Å². The second-order valence-corrected chi connectivity index (χ2v) is 4.76. The Labute approximate surface area is 118 Å². The maximum Gasteiger partial charge on any atom is 0.145 e. The minimum atomic E-state index is -0.442. The molecule has 0 aliphatic heterocycles. The van der Waals surface area contributed by atoms with Crippen LogP contribution in [0.5, 0.6) is 0 Å². The van der Waals surface area contributed by atoms with E-state index >= 15 is 0 Å². The molecule has 0 atom stereocenters. The summed E-state index contributed by atoms with van der Waals surface area (Å²) in [6, 6.07) is 14.3. The highest BCUT2D eigenvalue weighted by Crippen LogP contribution is 2.17. The van der Waals surface area contributed by atoms with Gasteiger partial charge in [-0.25, -0.2) is 4.39 Å². The Kier molecular flexibility index (Phi) is 4.34. The largest absolute Gasteiger partial charge is 0.398 e. The minimum absolute atomic E-state index is 0.0788. The van der Waals surface area contributed by atoms with Gasteiger partial charge in [-0.05, 0) is 24.7 Å². The van der Waals surface area contributed by atoms with E-state index in [4.69, 9.17) is 11.0 Å². The number of nitrogen functional groups attached to an aromatic ring is 1. The van der Waals surface area contributed by atoms with Gasteiger partial charge in [0.05, 0.1) is 5.56 Å². The van der Waals surface area contributed by atoms with E-state index in [9.17, 15) is 4.39 Å². The number of rotatable bonds is 4. The first-order chi connectivity index (χ1) is 9.61. The molecule has 0 aliphatic rings. The molecule has 2 rings (SSSR count). The van der Waals surface area contributed by atoms with Gasteiger partial charge in [-0.2, -0.15) is 5.26 Å². The molecule has 0 unspecified atom stereocenters. The molecule has 0 radical (unpaired) electrons. The van der Waals surface area contributed by atoms with Crippen LogP contribution in [0.15, 0.2) is 42.5 Å². The van der Waals surface area contributed by atoms with Crippen molar-refractivity contribution in [2.24, 2.45) is 0 Å². The Morgan fingerprint density at radius 2 is 1.75 bits per heavy atom. The van der Waals surface area contributed by atoms with Gasteiger partial charge >= 0.3 is 0 Å². The van der Waals surface area contributed by atoms with Crippen molar-refractivity contribution < 1.29 is 4.39 Å². The quantitative estimate of drug-likeness (QED) is 0.868. The number of nitriles is 1. The van der Waals surface area contributed by atoms with Crippen LogP contribution < -0.4 is 5.73 Å². The topological polar surface area (TPSA) is 53.0 Å². The molecule has 0 saturated heterocycles. The fraction of sp³-hybridized carbons (Fsp3) is 0.188. The molecule has 0 bridgehead atoms. The summed E-state index contributed by atoms with van der Waals surface area (Å²) in [5.74, 6) is -0.442. The van der Waals surface area contributed by atoms with Crippen LogP contribution in [0.3, 0.4) is 0 Å². The molecular weight excluding hydrogens is 253 g/mol. The number of hydrogen-bond donors (Lipinski definition) is 1. The summed E-state index contributed by atoms with van der Waals surface area (Å²) in [5, 5.41) is 8.83. The van der Waals surface area contributed by atoms with Crippen molar-refractivity contribution in [2.45, 2.75) is 13.1 Å². The van der Waals surface area contributed by atoms with Gasteiger partial charge in [-0.3, -0.25) is 4.90 Å². The zero-order chi connectivity index (χ0) is 14.5. The minimum Gasteiger partial charge on any atom is -0.398 e. The number of hydrogen-bond acceptors (Lipinski definition) is 3. The van der Waals surface area contributed by atoms with Crippen molar-refractivity contribution in [3.63, 3.8) is 0 Å². The van der Waals surface area contributed by atoms with E-state index in [0.29, 0.717) is 18.7 Å². The average molecular weight is 269 g/mol. The van der Waals surface area contributed by atoms with E-state index in [1.54, 1.807) is 12.1 Å². The third-order valence-corrected chi connectivity index (χ3v) is 3.13. The van der Waals surface area contributed by atoms with Gasteiger partial charge in [-0.1, -0.05) is 30.3 Å². The van der Waals surface area contributed by atoms with Gasteiger partial charge < -0.3 is 5.73 Å². The predicted octanol–water partition coefficient (Wildman–Crippen LogP) is 2.91. The second-order valence-electron chi connectivity index (χ2n) is 4.76. The smallest absolute Gasteiger partial charge is 0.145 e. The molecule has 0 aliphatic carbocycles. The average Bonchev–Trinajstić information content (AvgIpc) is 2.44. The van der Waals surface area contributed by atoms with Crippen LogP contribution in [-0.4, -0.2) is 11.9 Å². The first kappa shape index (κ1) is 14.0. The monoisotopic (exact) mass is 269 g/mol. The standard InChI is InChI=1S/C16H16FN3/c1-20(10-13-5-2-3-8-15(13)19)11-14-7-4-6-12(9-18)16(14)17/h2-8H,10-11,19H2,1H3. The molecule has 2 aromatic rings. The van der Waals surface area contributed by atoms with E-state index in [1.807, 2.05) is 42.3 Å². The van der Waals surface area contributed by atoms with Crippen molar-refractivity contribution in [2.75, 3.05) is 12.8 Å². The van der Waals surface area contributed by atoms with Crippen LogP contribution >= 0.6 is 0 Å². The molecule has 0 saturated carbocycles. The fourth-order valence-electron chi connectivity index (χ4n) is 2.10. The molecule has 0 amide bonds. The summed E-state index contributed by atoms with van der Waals surface area (Å²) >= 11 is 0. The van der Waals surface area contributed by atoms with Crippen LogP contribution in [0, 0.1) is 17.1 Å². The molecule has 102 valence electrons. The zero-order valence-electron chi connectivity index (χ0n) is 11.3.